The molecule has 1 unspecified atom stereocenters. The average Bonchev–Trinajstić information content (AvgIpc) is 3.00. The third kappa shape index (κ3) is 7.33. The van der Waals surface area contributed by atoms with Gasteiger partial charge in [0.1, 0.15) is 17.5 Å². The maximum Gasteiger partial charge on any atom is 0.409 e. The number of nitrogens with zero attached hydrogens (tertiary/aromatic N) is 3. The molecule has 1 atom stereocenters. The fraction of sp³-hybridized carbons (Fsp3) is 0.533. The summed E-state index contributed by atoms with van der Waals surface area (Å²) in [5.41, 5.74) is -0.690. The van der Waals surface area contributed by atoms with Gasteiger partial charge in [0.25, 0.3) is 5.91 Å². The van der Waals surface area contributed by atoms with E-state index in [2.05, 4.69) is 10.3 Å². The van der Waals surface area contributed by atoms with E-state index in [-0.39, 0.29) is 57.9 Å². The summed E-state index contributed by atoms with van der Waals surface area (Å²) in [6.45, 7) is 4.94. The van der Waals surface area contributed by atoms with E-state index in [1.54, 1.807) is 43.0 Å². The van der Waals surface area contributed by atoms with Crippen LogP contribution in [0.25, 0.3) is 10.9 Å². The molecule has 4 rings (SSSR count). The summed E-state index contributed by atoms with van der Waals surface area (Å²) in [6, 6.07) is 7.48. The molecule has 1 saturated carbocycles. The molecule has 232 valence electrons. The van der Waals surface area contributed by atoms with Gasteiger partial charge in [0.2, 0.25) is 11.5 Å². The number of hydrogen-bond donors (Lipinski definition) is 1. The van der Waals surface area contributed by atoms with Crippen LogP contribution in [-0.4, -0.2) is 103 Å². The summed E-state index contributed by atoms with van der Waals surface area (Å²) in [4.78, 5) is 71.4. The molecule has 2 heterocycles. The highest BCUT2D eigenvalue weighted by molar-refractivity contribution is 5.99. The van der Waals surface area contributed by atoms with Crippen molar-refractivity contribution in [2.75, 3.05) is 46.5 Å². The first-order chi connectivity index (χ1) is 20.7. The molecule has 13 heteroatoms. The Morgan fingerprint density at radius 3 is 2.28 bits per heavy atom. The number of para-hydroxylation sites is 1. The molecular formula is C30H38N4O9. The van der Waals surface area contributed by atoms with Crippen molar-refractivity contribution in [3.05, 3.63) is 36.0 Å². The number of ether oxygens (including phenoxy) is 4. The molecule has 0 bridgehead atoms. The molecule has 43 heavy (non-hydrogen) atoms. The van der Waals surface area contributed by atoms with Crippen molar-refractivity contribution in [1.29, 1.82) is 0 Å². The Balaban J connectivity index is 1.55. The molecule has 0 spiro atoms. The van der Waals surface area contributed by atoms with Gasteiger partial charge in [0, 0.05) is 44.1 Å². The Kier molecular flexibility index (Phi) is 10.4. The van der Waals surface area contributed by atoms with Gasteiger partial charge in [0.05, 0.1) is 25.8 Å². The van der Waals surface area contributed by atoms with Gasteiger partial charge >= 0.3 is 18.0 Å². The summed E-state index contributed by atoms with van der Waals surface area (Å²) in [7, 11) is 1.25. The highest BCUT2D eigenvalue weighted by atomic mass is 16.6. The third-order valence-electron chi connectivity index (χ3n) is 7.61. The highest BCUT2D eigenvalue weighted by Gasteiger charge is 2.48. The van der Waals surface area contributed by atoms with Crippen LogP contribution in [0.5, 0.6) is 5.75 Å². The first kappa shape index (κ1) is 31.5. The minimum Gasteiger partial charge on any atom is -0.475 e. The van der Waals surface area contributed by atoms with Crippen LogP contribution in [0.2, 0.25) is 0 Å². The lowest BCUT2D eigenvalue weighted by atomic mass is 9.80. The predicted octanol–water partition coefficient (Wildman–Crippen LogP) is 2.45. The zero-order valence-electron chi connectivity index (χ0n) is 24.8. The zero-order valence-corrected chi connectivity index (χ0v) is 24.8. The van der Waals surface area contributed by atoms with Crippen molar-refractivity contribution in [3.63, 3.8) is 0 Å². The predicted molar refractivity (Wildman–Crippen MR) is 153 cm³/mol. The molecule has 2 aliphatic rings. The van der Waals surface area contributed by atoms with Crippen LogP contribution >= 0.6 is 0 Å². The number of carbonyl (C=O) groups is 5. The van der Waals surface area contributed by atoms with Gasteiger partial charge in [-0.3, -0.25) is 14.4 Å². The molecule has 13 nitrogen and oxygen atoms in total. The fourth-order valence-corrected chi connectivity index (χ4v) is 5.06. The van der Waals surface area contributed by atoms with Crippen LogP contribution in [-0.2, 0) is 28.6 Å². The second-order valence-corrected chi connectivity index (χ2v) is 10.3. The van der Waals surface area contributed by atoms with E-state index >= 15 is 0 Å². The fourth-order valence-electron chi connectivity index (χ4n) is 5.06. The monoisotopic (exact) mass is 598 g/mol. The minimum atomic E-state index is -1.14. The Hall–Kier alpha value is -4.42. The molecular weight excluding hydrogens is 560 g/mol. The van der Waals surface area contributed by atoms with E-state index in [4.69, 9.17) is 18.9 Å². The van der Waals surface area contributed by atoms with Gasteiger partial charge in [-0.05, 0) is 51.7 Å². The Bertz CT molecular complexity index is 1350. The van der Waals surface area contributed by atoms with E-state index in [0.29, 0.717) is 29.5 Å². The van der Waals surface area contributed by atoms with E-state index in [9.17, 15) is 24.0 Å². The van der Waals surface area contributed by atoms with Crippen LogP contribution in [0.3, 0.4) is 0 Å². The quantitative estimate of drug-likeness (QED) is 0.301. The number of fused-ring (bicyclic) bond motifs is 1. The molecule has 2 aromatic rings. The van der Waals surface area contributed by atoms with Gasteiger partial charge in [-0.25, -0.2) is 14.6 Å². The molecule has 1 aromatic heterocycles. The number of nitrogens with one attached hydrogen (secondary N) is 1. The normalized spacial score (nSPS) is 16.4. The number of aromatic nitrogens is 1. The maximum absolute atomic E-state index is 13.6. The third-order valence-corrected chi connectivity index (χ3v) is 7.61. The first-order valence-electron chi connectivity index (χ1n) is 14.6. The van der Waals surface area contributed by atoms with Crippen LogP contribution in [0.4, 0.5) is 4.79 Å². The lowest BCUT2D eigenvalue weighted by Gasteiger charge is -2.39. The topological polar surface area (TPSA) is 154 Å². The van der Waals surface area contributed by atoms with Crippen molar-refractivity contribution < 1.29 is 42.9 Å². The second-order valence-electron chi connectivity index (χ2n) is 10.3. The largest absolute Gasteiger partial charge is 0.475 e. The Labute approximate surface area is 249 Å². The number of carbonyl (C=O) groups excluding carboxylic acids is 5. The van der Waals surface area contributed by atoms with Crippen molar-refractivity contribution in [1.82, 2.24) is 20.1 Å². The molecule has 3 amide bonds. The van der Waals surface area contributed by atoms with E-state index in [1.807, 2.05) is 0 Å². The maximum atomic E-state index is 13.6. The second kappa shape index (κ2) is 14.2. The number of benzene rings is 1. The van der Waals surface area contributed by atoms with Crippen molar-refractivity contribution in [2.24, 2.45) is 0 Å². The minimum absolute atomic E-state index is 0.00174. The molecule has 1 aliphatic heterocycles. The van der Waals surface area contributed by atoms with Crippen LogP contribution < -0.4 is 10.1 Å². The number of hydrogen-bond acceptors (Lipinski definition) is 10. The van der Waals surface area contributed by atoms with Crippen LogP contribution in [0.1, 0.15) is 56.4 Å². The zero-order chi connectivity index (χ0) is 31.0. The molecule has 2 fully saturated rings. The van der Waals surface area contributed by atoms with E-state index in [1.165, 1.54) is 18.1 Å². The van der Waals surface area contributed by atoms with Crippen molar-refractivity contribution in [2.45, 2.75) is 57.6 Å². The first-order valence-corrected chi connectivity index (χ1v) is 14.6. The number of amides is 3. The van der Waals surface area contributed by atoms with Crippen molar-refractivity contribution in [3.8, 4) is 5.75 Å². The summed E-state index contributed by atoms with van der Waals surface area (Å²) in [6.07, 6.45) is 1.22. The van der Waals surface area contributed by atoms with Gasteiger partial charge in [-0.15, -0.1) is 0 Å². The lowest BCUT2D eigenvalue weighted by molar-refractivity contribution is -0.169. The molecule has 1 saturated heterocycles. The number of esters is 2. The molecule has 1 N–H and O–H groups in total. The number of pyridine rings is 1. The number of piperazine rings is 1. The smallest absolute Gasteiger partial charge is 0.409 e. The van der Waals surface area contributed by atoms with Gasteiger partial charge in [-0.2, -0.15) is 0 Å². The SMILES string of the molecule is CCOC(=O)N1CCN(C(=O)C(CCC(=O)OC)NC(=O)c2cc(OC3(C(=O)OCC)CCC3)c3ccccc3n2)CC1. The number of methoxy groups -OCH3 is 1. The summed E-state index contributed by atoms with van der Waals surface area (Å²) in [5, 5.41) is 3.36. The van der Waals surface area contributed by atoms with Gasteiger partial charge in [0.15, 0.2) is 0 Å². The van der Waals surface area contributed by atoms with Crippen LogP contribution in [0.15, 0.2) is 30.3 Å². The standard InChI is InChI=1S/C30H38N4O9/c1-4-41-28(38)30(13-8-14-30)43-24-19-23(31-21-10-7-6-9-20(21)24)26(36)32-22(11-12-25(35)40-3)27(37)33-15-17-34(18-16-33)29(39)42-5-2/h6-7,9-10,19,22H,4-5,8,11-18H2,1-3H3,(H,32,36). The van der Waals surface area contributed by atoms with E-state index < -0.39 is 41.5 Å². The summed E-state index contributed by atoms with van der Waals surface area (Å²) in [5.74, 6) is -1.72. The van der Waals surface area contributed by atoms with Crippen LogP contribution in [0, 0.1) is 0 Å². The van der Waals surface area contributed by atoms with Gasteiger partial charge in [-0.1, -0.05) is 12.1 Å². The Morgan fingerprint density at radius 1 is 0.977 bits per heavy atom. The molecule has 1 aliphatic carbocycles. The highest BCUT2D eigenvalue weighted by Crippen LogP contribution is 2.40. The van der Waals surface area contributed by atoms with Gasteiger partial charge < -0.3 is 34.1 Å². The lowest BCUT2D eigenvalue weighted by Crippen LogP contribution is -2.56. The molecule has 1 aromatic carbocycles. The van der Waals surface area contributed by atoms with Crippen molar-refractivity contribution >= 4 is 40.7 Å². The number of rotatable bonds is 11. The molecule has 0 radical (unpaired) electrons. The Morgan fingerprint density at radius 2 is 1.65 bits per heavy atom. The average molecular weight is 599 g/mol. The summed E-state index contributed by atoms with van der Waals surface area (Å²) >= 11 is 0. The summed E-state index contributed by atoms with van der Waals surface area (Å²) < 4.78 is 21.3. The van der Waals surface area contributed by atoms with E-state index in [0.717, 1.165) is 6.42 Å².